The zero-order valence-corrected chi connectivity index (χ0v) is 15.6. The second-order valence-electron chi connectivity index (χ2n) is 5.60. The standard InChI is InChI=1S/C19H20N2O4S/c1-23-15-9-8-12(10-16(15)24-2)14-11-17(25-21-14)19(22)20-13-6-4-5-7-18(13)26-3/h4-10,17H,11H2,1-3H3,(H,20,22). The van der Waals surface area contributed by atoms with E-state index in [2.05, 4.69) is 10.5 Å². The summed E-state index contributed by atoms with van der Waals surface area (Å²) in [5, 5.41) is 6.99. The summed E-state index contributed by atoms with van der Waals surface area (Å²) in [6.07, 6.45) is 1.70. The molecule has 1 aliphatic heterocycles. The first-order valence-electron chi connectivity index (χ1n) is 8.05. The molecule has 136 valence electrons. The van der Waals surface area contributed by atoms with E-state index in [1.807, 2.05) is 42.7 Å². The highest BCUT2D eigenvalue weighted by atomic mass is 32.2. The first-order chi connectivity index (χ1) is 12.7. The molecule has 1 N–H and O–H groups in total. The molecule has 0 bridgehead atoms. The zero-order chi connectivity index (χ0) is 18.5. The van der Waals surface area contributed by atoms with E-state index in [1.54, 1.807) is 32.0 Å². The van der Waals surface area contributed by atoms with Gasteiger partial charge >= 0.3 is 0 Å². The number of ether oxygens (including phenoxy) is 2. The first-order valence-corrected chi connectivity index (χ1v) is 9.27. The lowest BCUT2D eigenvalue weighted by molar-refractivity contribution is -0.125. The quantitative estimate of drug-likeness (QED) is 0.785. The number of methoxy groups -OCH3 is 2. The minimum Gasteiger partial charge on any atom is -0.493 e. The Labute approximate surface area is 156 Å². The predicted molar refractivity (Wildman–Crippen MR) is 102 cm³/mol. The Balaban J connectivity index is 1.69. The Morgan fingerprint density at radius 2 is 1.96 bits per heavy atom. The number of amides is 1. The second-order valence-corrected chi connectivity index (χ2v) is 6.44. The van der Waals surface area contributed by atoms with E-state index in [9.17, 15) is 4.79 Å². The number of thioether (sulfide) groups is 1. The van der Waals surface area contributed by atoms with Gasteiger partial charge in [0, 0.05) is 16.9 Å². The molecule has 0 saturated heterocycles. The van der Waals surface area contributed by atoms with E-state index in [1.165, 1.54) is 0 Å². The SMILES string of the molecule is COc1ccc(C2=NOC(C(=O)Nc3ccccc3SC)C2)cc1OC. The average molecular weight is 372 g/mol. The highest BCUT2D eigenvalue weighted by Crippen LogP contribution is 2.30. The third kappa shape index (κ3) is 3.77. The van der Waals surface area contributed by atoms with E-state index in [0.29, 0.717) is 23.6 Å². The molecule has 1 heterocycles. The van der Waals surface area contributed by atoms with Crippen LogP contribution in [0.25, 0.3) is 0 Å². The van der Waals surface area contributed by atoms with Crippen LogP contribution in [0.5, 0.6) is 11.5 Å². The number of nitrogens with one attached hydrogen (secondary N) is 1. The average Bonchev–Trinajstić information content (AvgIpc) is 3.18. The minimum atomic E-state index is -0.659. The second kappa shape index (κ2) is 8.14. The predicted octanol–water partition coefficient (Wildman–Crippen LogP) is 3.56. The molecule has 0 saturated carbocycles. The number of para-hydroxylation sites is 1. The van der Waals surface area contributed by atoms with Crippen molar-refractivity contribution < 1.29 is 19.1 Å². The van der Waals surface area contributed by atoms with Crippen LogP contribution in [0.3, 0.4) is 0 Å². The van der Waals surface area contributed by atoms with Crippen molar-refractivity contribution in [1.29, 1.82) is 0 Å². The van der Waals surface area contributed by atoms with Crippen molar-refractivity contribution in [3.63, 3.8) is 0 Å². The van der Waals surface area contributed by atoms with E-state index >= 15 is 0 Å². The van der Waals surface area contributed by atoms with Crippen molar-refractivity contribution in [2.24, 2.45) is 5.16 Å². The highest BCUT2D eigenvalue weighted by molar-refractivity contribution is 7.98. The van der Waals surface area contributed by atoms with Gasteiger partial charge in [0.05, 0.1) is 25.6 Å². The topological polar surface area (TPSA) is 69.2 Å². The lowest BCUT2D eigenvalue weighted by Gasteiger charge is -2.12. The van der Waals surface area contributed by atoms with Crippen LogP contribution in [-0.4, -0.2) is 38.2 Å². The van der Waals surface area contributed by atoms with Crippen molar-refractivity contribution >= 4 is 29.1 Å². The van der Waals surface area contributed by atoms with E-state index < -0.39 is 6.10 Å². The molecule has 1 unspecified atom stereocenters. The van der Waals surface area contributed by atoms with Gasteiger partial charge in [-0.2, -0.15) is 0 Å². The van der Waals surface area contributed by atoms with Gasteiger partial charge < -0.3 is 19.6 Å². The monoisotopic (exact) mass is 372 g/mol. The number of hydrogen-bond donors (Lipinski definition) is 1. The summed E-state index contributed by atoms with van der Waals surface area (Å²) in [6.45, 7) is 0. The number of carbonyl (C=O) groups excluding carboxylic acids is 1. The van der Waals surface area contributed by atoms with Crippen LogP contribution in [0.2, 0.25) is 0 Å². The summed E-state index contributed by atoms with van der Waals surface area (Å²) in [6, 6.07) is 13.1. The van der Waals surface area contributed by atoms with Crippen molar-refractivity contribution in [3.05, 3.63) is 48.0 Å². The summed E-state index contributed by atoms with van der Waals surface area (Å²) in [5.41, 5.74) is 2.31. The third-order valence-electron chi connectivity index (χ3n) is 4.04. The highest BCUT2D eigenvalue weighted by Gasteiger charge is 2.29. The van der Waals surface area contributed by atoms with Gasteiger partial charge in [-0.25, -0.2) is 0 Å². The molecule has 26 heavy (non-hydrogen) atoms. The fourth-order valence-corrected chi connectivity index (χ4v) is 3.22. The number of benzene rings is 2. The van der Waals surface area contributed by atoms with Crippen LogP contribution in [0.15, 0.2) is 52.5 Å². The molecule has 0 spiro atoms. The van der Waals surface area contributed by atoms with E-state index in [0.717, 1.165) is 16.1 Å². The summed E-state index contributed by atoms with van der Waals surface area (Å²) < 4.78 is 10.6. The van der Waals surface area contributed by atoms with Crippen molar-refractivity contribution in [2.45, 2.75) is 17.4 Å². The summed E-state index contributed by atoms with van der Waals surface area (Å²) in [4.78, 5) is 18.9. The van der Waals surface area contributed by atoms with Gasteiger partial charge in [0.15, 0.2) is 11.5 Å². The largest absolute Gasteiger partial charge is 0.493 e. The van der Waals surface area contributed by atoms with Crippen LogP contribution in [0.4, 0.5) is 5.69 Å². The zero-order valence-electron chi connectivity index (χ0n) is 14.8. The van der Waals surface area contributed by atoms with Gasteiger partial charge in [-0.3, -0.25) is 4.79 Å². The molecule has 7 heteroatoms. The smallest absolute Gasteiger partial charge is 0.268 e. The Kier molecular flexibility index (Phi) is 5.68. The van der Waals surface area contributed by atoms with Crippen LogP contribution in [-0.2, 0) is 9.63 Å². The number of carbonyl (C=O) groups is 1. The van der Waals surface area contributed by atoms with Gasteiger partial charge in [-0.1, -0.05) is 17.3 Å². The molecule has 0 fully saturated rings. The van der Waals surface area contributed by atoms with E-state index in [-0.39, 0.29) is 5.91 Å². The van der Waals surface area contributed by atoms with Crippen molar-refractivity contribution in [2.75, 3.05) is 25.8 Å². The molecule has 3 rings (SSSR count). The molecule has 6 nitrogen and oxygen atoms in total. The molecule has 0 aliphatic carbocycles. The minimum absolute atomic E-state index is 0.217. The lowest BCUT2D eigenvalue weighted by Crippen LogP contribution is -2.28. The number of anilines is 1. The number of nitrogens with zero attached hydrogens (tertiary/aromatic N) is 1. The van der Waals surface area contributed by atoms with Crippen LogP contribution in [0, 0.1) is 0 Å². The summed E-state index contributed by atoms with van der Waals surface area (Å²) in [7, 11) is 3.16. The fourth-order valence-electron chi connectivity index (χ4n) is 2.67. The lowest BCUT2D eigenvalue weighted by atomic mass is 10.0. The molecule has 0 aromatic heterocycles. The third-order valence-corrected chi connectivity index (χ3v) is 4.84. The van der Waals surface area contributed by atoms with Gasteiger partial charge in [0.2, 0.25) is 6.10 Å². The number of hydrogen-bond acceptors (Lipinski definition) is 6. The molecule has 2 aromatic rings. The molecule has 0 radical (unpaired) electrons. The van der Waals surface area contributed by atoms with Crippen LogP contribution in [0.1, 0.15) is 12.0 Å². The Morgan fingerprint density at radius 1 is 1.19 bits per heavy atom. The molecular formula is C19H20N2O4S. The number of oxime groups is 1. The van der Waals surface area contributed by atoms with Crippen LogP contribution >= 0.6 is 11.8 Å². The van der Waals surface area contributed by atoms with Gasteiger partial charge in [0.1, 0.15) is 0 Å². The summed E-state index contributed by atoms with van der Waals surface area (Å²) >= 11 is 1.57. The molecule has 1 amide bonds. The van der Waals surface area contributed by atoms with E-state index in [4.69, 9.17) is 14.3 Å². The maximum absolute atomic E-state index is 12.5. The number of rotatable bonds is 6. The van der Waals surface area contributed by atoms with Crippen molar-refractivity contribution in [1.82, 2.24) is 0 Å². The fraction of sp³-hybridized carbons (Fsp3) is 0.263. The Hall–Kier alpha value is -2.67. The van der Waals surface area contributed by atoms with Gasteiger partial charge in [-0.15, -0.1) is 11.8 Å². The maximum Gasteiger partial charge on any atom is 0.268 e. The molecule has 1 aliphatic rings. The first kappa shape index (κ1) is 18.1. The van der Waals surface area contributed by atoms with Gasteiger partial charge in [0.25, 0.3) is 5.91 Å². The molecule has 2 aromatic carbocycles. The summed E-state index contributed by atoms with van der Waals surface area (Å²) in [5.74, 6) is 1.03. The van der Waals surface area contributed by atoms with Crippen molar-refractivity contribution in [3.8, 4) is 11.5 Å². The Bertz CT molecular complexity index is 838. The normalized spacial score (nSPS) is 15.8. The molecular weight excluding hydrogens is 352 g/mol. The maximum atomic E-state index is 12.5. The molecule has 1 atom stereocenters. The van der Waals surface area contributed by atoms with Gasteiger partial charge in [-0.05, 0) is 36.6 Å². The Morgan fingerprint density at radius 3 is 2.69 bits per heavy atom. The van der Waals surface area contributed by atoms with Crippen LogP contribution < -0.4 is 14.8 Å².